The van der Waals surface area contributed by atoms with E-state index in [1.165, 1.54) is 6.20 Å². The number of aliphatic hydroxyl groups excluding tert-OH is 1. The molecule has 0 spiro atoms. The first-order chi connectivity index (χ1) is 12.5. The van der Waals surface area contributed by atoms with Gasteiger partial charge in [-0.05, 0) is 13.0 Å². The number of rotatable bonds is 6. The van der Waals surface area contributed by atoms with Crippen molar-refractivity contribution < 1.29 is 20.0 Å². The van der Waals surface area contributed by atoms with Crippen LogP contribution in [-0.4, -0.2) is 50.1 Å². The number of aromatic amines is 1. The van der Waals surface area contributed by atoms with Gasteiger partial charge in [0.15, 0.2) is 17.5 Å². The van der Waals surface area contributed by atoms with Crippen molar-refractivity contribution in [3.05, 3.63) is 35.5 Å². The summed E-state index contributed by atoms with van der Waals surface area (Å²) in [6, 6.07) is 0.957. The molecule has 0 fully saturated rings. The van der Waals surface area contributed by atoms with Gasteiger partial charge in [0.05, 0.1) is 17.8 Å². The van der Waals surface area contributed by atoms with Crippen LogP contribution in [0.25, 0.3) is 22.4 Å². The minimum atomic E-state index is -0.752. The molecule has 0 aliphatic carbocycles. The Hall–Kier alpha value is -2.78. The van der Waals surface area contributed by atoms with E-state index < -0.39 is 11.9 Å². The van der Waals surface area contributed by atoms with Crippen molar-refractivity contribution in [2.45, 2.75) is 13.0 Å². The van der Waals surface area contributed by atoms with Crippen molar-refractivity contribution in [3.8, 4) is 11.4 Å². The number of pyridine rings is 1. The highest BCUT2D eigenvalue weighted by atomic mass is 35.5. The number of H-pyrrole nitrogens is 1. The highest BCUT2D eigenvalue weighted by Crippen LogP contribution is 2.28. The summed E-state index contributed by atoms with van der Waals surface area (Å²) in [5, 5.41) is 15.1. The van der Waals surface area contributed by atoms with Crippen molar-refractivity contribution in [3.63, 3.8) is 0 Å². The molecule has 3 rings (SSSR count). The van der Waals surface area contributed by atoms with Gasteiger partial charge in [-0.3, -0.25) is 4.79 Å². The van der Waals surface area contributed by atoms with E-state index in [4.69, 9.17) is 16.7 Å². The maximum absolute atomic E-state index is 14.1. The predicted octanol–water partition coefficient (Wildman–Crippen LogP) is 2.71. The van der Waals surface area contributed by atoms with Crippen LogP contribution in [0.1, 0.15) is 12.6 Å². The van der Waals surface area contributed by atoms with Crippen molar-refractivity contribution in [2.75, 3.05) is 18.5 Å². The fourth-order valence-electron chi connectivity index (χ4n) is 2.36. The Morgan fingerprint density at radius 2 is 2.27 bits per heavy atom. The average Bonchev–Trinajstić information content (AvgIpc) is 3.04. The second-order valence-electron chi connectivity index (χ2n) is 5.52. The maximum atomic E-state index is 14.1. The zero-order chi connectivity index (χ0) is 18.7. The number of fused-ring (bicyclic) bond motifs is 1. The molecule has 8 nitrogen and oxygen atoms in total. The normalized spacial score (nSPS) is 12.2. The molecule has 0 aliphatic rings. The lowest BCUT2D eigenvalue weighted by Crippen LogP contribution is -2.39. The van der Waals surface area contributed by atoms with Gasteiger partial charge in [-0.1, -0.05) is 11.6 Å². The number of hydrogen-bond donors (Lipinski definition) is 4. The minimum Gasteiger partial charge on any atom is -0.395 e. The van der Waals surface area contributed by atoms with Gasteiger partial charge in [0.25, 0.3) is 0 Å². The van der Waals surface area contributed by atoms with Crippen LogP contribution in [0.15, 0.2) is 24.7 Å². The number of carbonyl (C=O) groups excluding carboxylic acids is 1. The number of hydrogen-bond acceptors (Lipinski definition) is 6. The van der Waals surface area contributed by atoms with Crippen molar-refractivity contribution in [2.24, 2.45) is 0 Å². The topological polar surface area (TPSA) is 116 Å². The second kappa shape index (κ2) is 7.63. The molecule has 3 heterocycles. The third-order valence-corrected chi connectivity index (χ3v) is 3.85. The SMILES string of the molecule is C[C@H](Nc1nc(-c2c[nH]c3ncc(Cl)cc23)ncc1F)C(=O)NCCO.[HH].[HH].[HH].[HH]. The summed E-state index contributed by atoms with van der Waals surface area (Å²) in [4.78, 5) is 27.2. The zero-order valence-corrected chi connectivity index (χ0v) is 14.5. The molecule has 10 heteroatoms. The van der Waals surface area contributed by atoms with Crippen LogP contribution in [0, 0.1) is 5.82 Å². The van der Waals surface area contributed by atoms with E-state index in [0.29, 0.717) is 21.6 Å². The molecular formula is C16H24ClFN6O2. The third-order valence-electron chi connectivity index (χ3n) is 3.64. The van der Waals surface area contributed by atoms with Gasteiger partial charge in [-0.25, -0.2) is 19.3 Å². The Labute approximate surface area is 158 Å². The van der Waals surface area contributed by atoms with E-state index in [9.17, 15) is 9.18 Å². The summed E-state index contributed by atoms with van der Waals surface area (Å²) < 4.78 is 14.1. The second-order valence-corrected chi connectivity index (χ2v) is 5.96. The van der Waals surface area contributed by atoms with Gasteiger partial charge in [-0.2, -0.15) is 0 Å². The van der Waals surface area contributed by atoms with Crippen LogP contribution in [0.2, 0.25) is 5.02 Å². The number of aliphatic hydroxyl groups is 1. The van der Waals surface area contributed by atoms with Crippen LogP contribution in [0.3, 0.4) is 0 Å². The Morgan fingerprint density at radius 1 is 1.46 bits per heavy atom. The summed E-state index contributed by atoms with van der Waals surface area (Å²) in [6.07, 6.45) is 4.19. The van der Waals surface area contributed by atoms with Gasteiger partial charge in [-0.15, -0.1) is 0 Å². The molecule has 0 aromatic carbocycles. The molecule has 4 N–H and O–H groups in total. The van der Waals surface area contributed by atoms with E-state index in [-0.39, 0.29) is 36.4 Å². The molecule has 0 saturated heterocycles. The molecule has 3 aromatic heterocycles. The fourth-order valence-corrected chi connectivity index (χ4v) is 2.52. The highest BCUT2D eigenvalue weighted by molar-refractivity contribution is 6.31. The van der Waals surface area contributed by atoms with Gasteiger partial charge in [0.1, 0.15) is 11.7 Å². The van der Waals surface area contributed by atoms with Crippen molar-refractivity contribution in [1.29, 1.82) is 0 Å². The smallest absolute Gasteiger partial charge is 0.242 e. The van der Waals surface area contributed by atoms with Crippen molar-refractivity contribution in [1.82, 2.24) is 25.3 Å². The number of aromatic nitrogens is 4. The summed E-state index contributed by atoms with van der Waals surface area (Å²) in [6.45, 7) is 1.50. The molecule has 0 radical (unpaired) electrons. The molecule has 3 aromatic rings. The molecule has 1 amide bonds. The Balaban J connectivity index is 0. The van der Waals surface area contributed by atoms with Crippen LogP contribution < -0.4 is 10.6 Å². The van der Waals surface area contributed by atoms with E-state index >= 15 is 0 Å². The molecule has 26 heavy (non-hydrogen) atoms. The molecule has 0 saturated carbocycles. The molecular weight excluding hydrogens is 363 g/mol. The number of carbonyl (C=O) groups is 1. The highest BCUT2D eigenvalue weighted by Gasteiger charge is 2.17. The zero-order valence-electron chi connectivity index (χ0n) is 13.8. The van der Waals surface area contributed by atoms with E-state index in [1.54, 1.807) is 19.2 Å². The van der Waals surface area contributed by atoms with Crippen LogP contribution >= 0.6 is 11.6 Å². The Bertz CT molecular complexity index is 965. The van der Waals surface area contributed by atoms with Gasteiger partial charge >= 0.3 is 0 Å². The number of amides is 1. The minimum absolute atomic E-state index is 0. The van der Waals surface area contributed by atoms with Gasteiger partial charge in [0, 0.05) is 35.6 Å². The summed E-state index contributed by atoms with van der Waals surface area (Å²) in [5.41, 5.74) is 1.21. The van der Waals surface area contributed by atoms with E-state index in [0.717, 1.165) is 6.20 Å². The molecule has 0 bridgehead atoms. The average molecular weight is 387 g/mol. The van der Waals surface area contributed by atoms with Crippen LogP contribution in [0.5, 0.6) is 0 Å². The lowest BCUT2D eigenvalue weighted by Gasteiger charge is -2.15. The first kappa shape index (κ1) is 18.0. The number of nitrogens with one attached hydrogen (secondary N) is 3. The molecule has 0 aliphatic heterocycles. The van der Waals surface area contributed by atoms with E-state index in [1.807, 2.05) is 0 Å². The van der Waals surface area contributed by atoms with Gasteiger partial charge in [0.2, 0.25) is 5.91 Å². The molecule has 1 atom stereocenters. The fraction of sp³-hybridized carbons (Fsp3) is 0.250. The number of nitrogens with zero attached hydrogens (tertiary/aromatic N) is 3. The van der Waals surface area contributed by atoms with Gasteiger partial charge < -0.3 is 20.7 Å². The Morgan fingerprint density at radius 3 is 3.04 bits per heavy atom. The van der Waals surface area contributed by atoms with Crippen LogP contribution in [-0.2, 0) is 4.79 Å². The first-order valence-corrected chi connectivity index (χ1v) is 8.18. The van der Waals surface area contributed by atoms with Crippen LogP contribution in [0.4, 0.5) is 10.2 Å². The standard InChI is InChI=1S/C16H16ClFN6O2.4H2/c1-8(16(26)19-2-3-25)23-15-12(18)7-22-14(24-15)11-6-21-13-10(11)4-9(17)5-20-13;;;;/h4-8,25H,2-3H2,1H3,(H,19,26)(H,20,21)(H,22,23,24);4*1H/t8-;;;;/m0..../s1. The molecule has 144 valence electrons. The predicted molar refractivity (Wildman–Crippen MR) is 104 cm³/mol. The Kier molecular flexibility index (Phi) is 5.29. The summed E-state index contributed by atoms with van der Waals surface area (Å²) in [5.74, 6) is -0.925. The summed E-state index contributed by atoms with van der Waals surface area (Å²) in [7, 11) is 0. The van der Waals surface area contributed by atoms with E-state index in [2.05, 4.69) is 30.6 Å². The van der Waals surface area contributed by atoms with Crippen molar-refractivity contribution >= 4 is 34.4 Å². The first-order valence-electron chi connectivity index (χ1n) is 7.80. The lowest BCUT2D eigenvalue weighted by molar-refractivity contribution is -0.121. The monoisotopic (exact) mass is 386 g/mol. The number of halogens is 2. The maximum Gasteiger partial charge on any atom is 0.242 e. The third kappa shape index (κ3) is 3.73. The molecule has 0 unspecified atom stereocenters. The lowest BCUT2D eigenvalue weighted by atomic mass is 10.2. The number of anilines is 1. The quantitative estimate of drug-likeness (QED) is 0.517. The largest absolute Gasteiger partial charge is 0.395 e. The summed E-state index contributed by atoms with van der Waals surface area (Å²) >= 11 is 5.99.